The summed E-state index contributed by atoms with van der Waals surface area (Å²) in [4.78, 5) is 12.1. The van der Waals surface area contributed by atoms with Crippen molar-refractivity contribution in [2.45, 2.75) is 63.8 Å². The highest BCUT2D eigenvalue weighted by Gasteiger charge is 2.38. The zero-order valence-electron chi connectivity index (χ0n) is 15.0. The minimum atomic E-state index is -4.44. The van der Waals surface area contributed by atoms with Crippen molar-refractivity contribution in [3.8, 4) is 5.75 Å². The van der Waals surface area contributed by atoms with Crippen LogP contribution in [0.15, 0.2) is 24.3 Å². The normalized spacial score (nSPS) is 20.1. The summed E-state index contributed by atoms with van der Waals surface area (Å²) in [6.45, 7) is 7.99. The van der Waals surface area contributed by atoms with Gasteiger partial charge in [-0.3, -0.25) is 4.79 Å². The summed E-state index contributed by atoms with van der Waals surface area (Å²) < 4.78 is 43.3. The van der Waals surface area contributed by atoms with Gasteiger partial charge < -0.3 is 15.4 Å². The van der Waals surface area contributed by atoms with E-state index in [-0.39, 0.29) is 35.4 Å². The van der Waals surface area contributed by atoms with E-state index in [0.29, 0.717) is 0 Å². The molecular formula is C18H25F3N2O2. The van der Waals surface area contributed by atoms with Gasteiger partial charge in [-0.05, 0) is 58.7 Å². The lowest BCUT2D eigenvalue weighted by atomic mass is 9.79. The van der Waals surface area contributed by atoms with Gasteiger partial charge in [0.05, 0.1) is 5.56 Å². The number of amides is 1. The molecule has 1 amide bonds. The van der Waals surface area contributed by atoms with Gasteiger partial charge in [0.25, 0.3) is 5.91 Å². The average Bonchev–Trinajstić information content (AvgIpc) is 2.41. The summed E-state index contributed by atoms with van der Waals surface area (Å²) in [7, 11) is 0. The Kier molecular flexibility index (Phi) is 5.37. The first-order valence-corrected chi connectivity index (χ1v) is 8.25. The molecule has 2 N–H and O–H groups in total. The van der Waals surface area contributed by atoms with Gasteiger partial charge in [0.1, 0.15) is 5.75 Å². The Morgan fingerprint density at radius 1 is 1.24 bits per heavy atom. The SMILES string of the molecule is CC1(C)CC(NC(=O)COc2cccc(C(F)(F)F)c2)CC(C)(C)N1. The maximum atomic E-state index is 12.7. The monoisotopic (exact) mass is 358 g/mol. The maximum absolute atomic E-state index is 12.7. The number of benzene rings is 1. The predicted molar refractivity (Wildman–Crippen MR) is 89.4 cm³/mol. The van der Waals surface area contributed by atoms with E-state index in [1.807, 2.05) is 0 Å². The largest absolute Gasteiger partial charge is 0.484 e. The van der Waals surface area contributed by atoms with E-state index in [1.165, 1.54) is 12.1 Å². The van der Waals surface area contributed by atoms with Crippen LogP contribution in [0.4, 0.5) is 13.2 Å². The number of ether oxygens (including phenoxy) is 1. The molecule has 0 aliphatic carbocycles. The molecule has 0 unspecified atom stereocenters. The first-order chi connectivity index (χ1) is 11.4. The van der Waals surface area contributed by atoms with Crippen molar-refractivity contribution in [2.75, 3.05) is 6.61 Å². The fourth-order valence-electron chi connectivity index (χ4n) is 3.60. The van der Waals surface area contributed by atoms with E-state index in [0.717, 1.165) is 25.0 Å². The van der Waals surface area contributed by atoms with Crippen LogP contribution in [0.1, 0.15) is 46.1 Å². The second kappa shape index (κ2) is 6.86. The number of rotatable bonds is 4. The molecule has 0 radical (unpaired) electrons. The molecule has 140 valence electrons. The van der Waals surface area contributed by atoms with E-state index in [4.69, 9.17) is 4.74 Å². The Morgan fingerprint density at radius 3 is 2.40 bits per heavy atom. The van der Waals surface area contributed by atoms with E-state index in [1.54, 1.807) is 0 Å². The molecule has 1 aromatic carbocycles. The van der Waals surface area contributed by atoms with Crippen LogP contribution in [0.2, 0.25) is 0 Å². The van der Waals surface area contributed by atoms with Crippen LogP contribution in [-0.4, -0.2) is 29.6 Å². The van der Waals surface area contributed by atoms with Gasteiger partial charge in [-0.15, -0.1) is 0 Å². The van der Waals surface area contributed by atoms with Crippen LogP contribution in [0, 0.1) is 0 Å². The molecule has 1 heterocycles. The van der Waals surface area contributed by atoms with Crippen molar-refractivity contribution in [1.29, 1.82) is 0 Å². The van der Waals surface area contributed by atoms with Gasteiger partial charge in [0, 0.05) is 17.1 Å². The minimum absolute atomic E-state index is 0.0103. The number of hydrogen-bond acceptors (Lipinski definition) is 3. The molecule has 1 fully saturated rings. The van der Waals surface area contributed by atoms with Crippen molar-refractivity contribution in [2.24, 2.45) is 0 Å². The molecular weight excluding hydrogens is 333 g/mol. The third-order valence-electron chi connectivity index (χ3n) is 4.09. The molecule has 0 saturated carbocycles. The molecule has 0 spiro atoms. The Balaban J connectivity index is 1.91. The quantitative estimate of drug-likeness (QED) is 0.866. The summed E-state index contributed by atoms with van der Waals surface area (Å²) in [6.07, 6.45) is -2.90. The highest BCUT2D eigenvalue weighted by molar-refractivity contribution is 5.77. The molecule has 1 aliphatic rings. The van der Waals surface area contributed by atoms with Gasteiger partial charge in [-0.1, -0.05) is 6.07 Å². The third-order valence-corrected chi connectivity index (χ3v) is 4.09. The molecule has 2 rings (SSSR count). The summed E-state index contributed by atoms with van der Waals surface area (Å²) in [5.74, 6) is -0.313. The zero-order valence-corrected chi connectivity index (χ0v) is 15.0. The first-order valence-electron chi connectivity index (χ1n) is 8.25. The number of nitrogens with one attached hydrogen (secondary N) is 2. The van der Waals surface area contributed by atoms with E-state index >= 15 is 0 Å². The molecule has 7 heteroatoms. The van der Waals surface area contributed by atoms with Crippen LogP contribution >= 0.6 is 0 Å². The number of halogens is 3. The second-order valence-corrected chi connectivity index (χ2v) is 7.88. The molecule has 4 nitrogen and oxygen atoms in total. The second-order valence-electron chi connectivity index (χ2n) is 7.88. The summed E-state index contributed by atoms with van der Waals surface area (Å²) in [6, 6.07) is 4.51. The lowest BCUT2D eigenvalue weighted by Gasteiger charge is -2.46. The lowest BCUT2D eigenvalue weighted by molar-refractivity contribution is -0.137. The summed E-state index contributed by atoms with van der Waals surface area (Å²) >= 11 is 0. The van der Waals surface area contributed by atoms with Crippen LogP contribution < -0.4 is 15.4 Å². The summed E-state index contributed by atoms with van der Waals surface area (Å²) in [5, 5.41) is 6.44. The van der Waals surface area contributed by atoms with Crippen molar-refractivity contribution >= 4 is 5.91 Å². The molecule has 0 aromatic heterocycles. The van der Waals surface area contributed by atoms with Crippen LogP contribution in [-0.2, 0) is 11.0 Å². The van der Waals surface area contributed by atoms with E-state index in [2.05, 4.69) is 38.3 Å². The number of carbonyl (C=O) groups excluding carboxylic acids is 1. The molecule has 0 bridgehead atoms. The van der Waals surface area contributed by atoms with Crippen molar-refractivity contribution in [3.05, 3.63) is 29.8 Å². The van der Waals surface area contributed by atoms with Crippen molar-refractivity contribution in [1.82, 2.24) is 10.6 Å². The Bertz CT molecular complexity index is 611. The first kappa shape index (κ1) is 19.6. The number of carbonyl (C=O) groups is 1. The highest BCUT2D eigenvalue weighted by Crippen LogP contribution is 2.31. The highest BCUT2D eigenvalue weighted by atomic mass is 19.4. The number of piperidine rings is 1. The summed E-state index contributed by atoms with van der Waals surface area (Å²) in [5.41, 5.74) is -1.02. The average molecular weight is 358 g/mol. The standard InChI is InChI=1S/C18H25F3N2O2/c1-16(2)9-13(10-17(3,4)23-16)22-15(24)11-25-14-7-5-6-12(8-14)18(19,20)21/h5-8,13,23H,9-11H2,1-4H3,(H,22,24). The molecule has 1 saturated heterocycles. The van der Waals surface area contributed by atoms with Crippen LogP contribution in [0.5, 0.6) is 5.75 Å². The van der Waals surface area contributed by atoms with Gasteiger partial charge in [0.15, 0.2) is 6.61 Å². The minimum Gasteiger partial charge on any atom is -0.484 e. The molecule has 0 atom stereocenters. The van der Waals surface area contributed by atoms with Gasteiger partial charge in [-0.25, -0.2) is 0 Å². The zero-order chi connectivity index (χ0) is 18.9. The molecule has 25 heavy (non-hydrogen) atoms. The fourth-order valence-corrected chi connectivity index (χ4v) is 3.60. The van der Waals surface area contributed by atoms with Gasteiger partial charge in [-0.2, -0.15) is 13.2 Å². The van der Waals surface area contributed by atoms with Crippen LogP contribution in [0.25, 0.3) is 0 Å². The Hall–Kier alpha value is -1.76. The predicted octanol–water partition coefficient (Wildman–Crippen LogP) is 3.51. The Morgan fingerprint density at radius 2 is 1.84 bits per heavy atom. The fraction of sp³-hybridized carbons (Fsp3) is 0.611. The van der Waals surface area contributed by atoms with Gasteiger partial charge >= 0.3 is 6.18 Å². The third kappa shape index (κ3) is 5.92. The van der Waals surface area contributed by atoms with E-state index in [9.17, 15) is 18.0 Å². The smallest absolute Gasteiger partial charge is 0.416 e. The number of hydrogen-bond donors (Lipinski definition) is 2. The van der Waals surface area contributed by atoms with Crippen molar-refractivity contribution in [3.63, 3.8) is 0 Å². The molecule has 1 aliphatic heterocycles. The van der Waals surface area contributed by atoms with E-state index < -0.39 is 11.7 Å². The Labute approximate surface area is 146 Å². The lowest BCUT2D eigenvalue weighted by Crippen LogP contribution is -2.62. The number of alkyl halides is 3. The molecule has 1 aromatic rings. The van der Waals surface area contributed by atoms with Crippen molar-refractivity contribution < 1.29 is 22.7 Å². The van der Waals surface area contributed by atoms with Gasteiger partial charge in [0.2, 0.25) is 0 Å². The topological polar surface area (TPSA) is 50.4 Å². The maximum Gasteiger partial charge on any atom is 0.416 e. The van der Waals surface area contributed by atoms with Crippen LogP contribution in [0.3, 0.4) is 0 Å².